The Hall–Kier alpha value is -2.46. The standard InChI is InChI=1S/C22H26N4O2/c1-18-27-22(17-26(28-18)21-5-3-2-4-6-21)10-13-25(14-11-22)12-9-20-8-7-19(15-23)16-24-20/h2-8,16,18H,9-14,17H2,1H3. The molecule has 4 rings (SSSR count). The lowest BCUT2D eigenvalue weighted by atomic mass is 9.90. The summed E-state index contributed by atoms with van der Waals surface area (Å²) in [5, 5.41) is 10.9. The monoisotopic (exact) mass is 378 g/mol. The lowest BCUT2D eigenvalue weighted by molar-refractivity contribution is -0.258. The Morgan fingerprint density at radius 1 is 1.18 bits per heavy atom. The maximum atomic E-state index is 8.87. The molecule has 1 spiro atoms. The number of nitrogens with zero attached hydrogens (tertiary/aromatic N) is 4. The molecule has 2 fully saturated rings. The molecule has 1 unspecified atom stereocenters. The summed E-state index contributed by atoms with van der Waals surface area (Å²) in [6.07, 6.45) is 4.28. The van der Waals surface area contributed by atoms with E-state index in [1.807, 2.05) is 42.3 Å². The molecule has 6 nitrogen and oxygen atoms in total. The van der Waals surface area contributed by atoms with Gasteiger partial charge in [-0.15, -0.1) is 0 Å². The summed E-state index contributed by atoms with van der Waals surface area (Å²) in [6, 6.07) is 16.1. The summed E-state index contributed by atoms with van der Waals surface area (Å²) in [5.41, 5.74) is 2.56. The molecule has 0 N–H and O–H groups in total. The van der Waals surface area contributed by atoms with Gasteiger partial charge in [0.25, 0.3) is 0 Å². The van der Waals surface area contributed by atoms with Crippen LogP contribution in [-0.4, -0.2) is 48.0 Å². The zero-order valence-electron chi connectivity index (χ0n) is 16.3. The number of nitriles is 1. The first-order chi connectivity index (χ1) is 13.7. The molecule has 2 saturated heterocycles. The molecule has 1 aromatic carbocycles. The van der Waals surface area contributed by atoms with Crippen LogP contribution in [0.4, 0.5) is 5.69 Å². The highest BCUT2D eigenvalue weighted by molar-refractivity contribution is 5.44. The predicted molar refractivity (Wildman–Crippen MR) is 106 cm³/mol. The lowest BCUT2D eigenvalue weighted by Gasteiger charge is -2.49. The summed E-state index contributed by atoms with van der Waals surface area (Å²) < 4.78 is 6.27. The number of piperidine rings is 1. The molecule has 2 aliphatic rings. The van der Waals surface area contributed by atoms with Crippen LogP contribution in [0.3, 0.4) is 0 Å². The Morgan fingerprint density at radius 3 is 2.64 bits per heavy atom. The van der Waals surface area contributed by atoms with Crippen molar-refractivity contribution in [3.63, 3.8) is 0 Å². The van der Waals surface area contributed by atoms with Crippen molar-refractivity contribution in [1.29, 1.82) is 5.26 Å². The zero-order chi connectivity index (χ0) is 19.4. The summed E-state index contributed by atoms with van der Waals surface area (Å²) >= 11 is 0. The van der Waals surface area contributed by atoms with Crippen molar-refractivity contribution >= 4 is 5.69 Å². The first-order valence-corrected chi connectivity index (χ1v) is 9.90. The van der Waals surface area contributed by atoms with Crippen molar-refractivity contribution in [3.05, 3.63) is 59.9 Å². The molecular weight excluding hydrogens is 352 g/mol. The van der Waals surface area contributed by atoms with Crippen LogP contribution in [0.15, 0.2) is 48.7 Å². The average Bonchev–Trinajstić information content (AvgIpc) is 2.74. The number of hydroxylamine groups is 1. The van der Waals surface area contributed by atoms with Gasteiger partial charge in [0, 0.05) is 37.9 Å². The second-order valence-corrected chi connectivity index (χ2v) is 7.59. The van der Waals surface area contributed by atoms with Crippen LogP contribution in [0.5, 0.6) is 0 Å². The quantitative estimate of drug-likeness (QED) is 0.815. The maximum absolute atomic E-state index is 8.87. The highest BCUT2D eigenvalue weighted by atomic mass is 16.8. The molecule has 0 saturated carbocycles. The molecule has 3 heterocycles. The lowest BCUT2D eigenvalue weighted by Crippen LogP contribution is -2.58. The van der Waals surface area contributed by atoms with Crippen LogP contribution < -0.4 is 5.06 Å². The minimum absolute atomic E-state index is 0.156. The van der Waals surface area contributed by atoms with Crippen LogP contribution >= 0.6 is 0 Å². The molecule has 146 valence electrons. The largest absolute Gasteiger partial charge is 0.342 e. The average molecular weight is 378 g/mol. The number of hydrogen-bond donors (Lipinski definition) is 0. The van der Waals surface area contributed by atoms with Crippen molar-refractivity contribution in [2.75, 3.05) is 31.2 Å². The van der Waals surface area contributed by atoms with Gasteiger partial charge in [-0.3, -0.25) is 4.98 Å². The second-order valence-electron chi connectivity index (χ2n) is 7.59. The fraction of sp³-hybridized carbons (Fsp3) is 0.455. The Kier molecular flexibility index (Phi) is 5.58. The first-order valence-electron chi connectivity index (χ1n) is 9.90. The van der Waals surface area contributed by atoms with Gasteiger partial charge in [-0.2, -0.15) is 5.26 Å². The molecule has 28 heavy (non-hydrogen) atoms. The van der Waals surface area contributed by atoms with Gasteiger partial charge in [-0.1, -0.05) is 18.2 Å². The van der Waals surface area contributed by atoms with E-state index in [0.29, 0.717) is 5.56 Å². The van der Waals surface area contributed by atoms with Gasteiger partial charge < -0.3 is 9.64 Å². The fourth-order valence-electron chi connectivity index (χ4n) is 4.01. The number of hydrogen-bond acceptors (Lipinski definition) is 6. The Labute approximate surface area is 166 Å². The van der Waals surface area contributed by atoms with Crippen LogP contribution in [0.25, 0.3) is 0 Å². The number of aromatic nitrogens is 1. The van der Waals surface area contributed by atoms with Crippen LogP contribution in [0.1, 0.15) is 31.0 Å². The molecule has 2 aliphatic heterocycles. The van der Waals surface area contributed by atoms with Crippen LogP contribution in [-0.2, 0) is 16.0 Å². The molecule has 0 amide bonds. The Morgan fingerprint density at radius 2 is 1.96 bits per heavy atom. The van der Waals surface area contributed by atoms with E-state index in [1.54, 1.807) is 6.20 Å². The number of para-hydroxylation sites is 1. The van der Waals surface area contributed by atoms with Crippen molar-refractivity contribution < 1.29 is 9.57 Å². The van der Waals surface area contributed by atoms with Gasteiger partial charge in [0.15, 0.2) is 6.29 Å². The highest BCUT2D eigenvalue weighted by Crippen LogP contribution is 2.34. The normalized spacial score (nSPS) is 22.1. The molecule has 0 bridgehead atoms. The van der Waals surface area contributed by atoms with Crippen molar-refractivity contribution in [2.24, 2.45) is 0 Å². The summed E-state index contributed by atoms with van der Waals surface area (Å²) in [7, 11) is 0. The van der Waals surface area contributed by atoms with Gasteiger partial charge in [0.1, 0.15) is 6.07 Å². The number of likely N-dealkylation sites (tertiary alicyclic amines) is 1. The van der Waals surface area contributed by atoms with E-state index >= 15 is 0 Å². The SMILES string of the molecule is CC1ON(c2ccccc2)CC2(CCN(CCc3ccc(C#N)cn3)CC2)O1. The molecule has 1 aromatic heterocycles. The molecular formula is C22H26N4O2. The third-order valence-electron chi connectivity index (χ3n) is 5.57. The van der Waals surface area contributed by atoms with Crippen molar-refractivity contribution in [1.82, 2.24) is 9.88 Å². The molecule has 6 heteroatoms. The Bertz CT molecular complexity index is 811. The van der Waals surface area contributed by atoms with E-state index in [4.69, 9.17) is 14.8 Å². The van der Waals surface area contributed by atoms with E-state index in [2.05, 4.69) is 28.1 Å². The van der Waals surface area contributed by atoms with Crippen LogP contribution in [0, 0.1) is 11.3 Å². The summed E-state index contributed by atoms with van der Waals surface area (Å²) in [6.45, 7) is 5.72. The number of benzene rings is 1. The molecule has 1 atom stereocenters. The maximum Gasteiger partial charge on any atom is 0.181 e. The van der Waals surface area contributed by atoms with Gasteiger partial charge >= 0.3 is 0 Å². The molecule has 0 radical (unpaired) electrons. The third-order valence-corrected chi connectivity index (χ3v) is 5.57. The number of anilines is 1. The van der Waals surface area contributed by atoms with Gasteiger partial charge in [0.2, 0.25) is 0 Å². The van der Waals surface area contributed by atoms with Gasteiger partial charge in [-0.25, -0.2) is 9.90 Å². The second kappa shape index (κ2) is 8.27. The van der Waals surface area contributed by atoms with E-state index in [9.17, 15) is 0 Å². The van der Waals surface area contributed by atoms with Gasteiger partial charge in [0.05, 0.1) is 23.4 Å². The van der Waals surface area contributed by atoms with Gasteiger partial charge in [-0.05, 0) is 44.0 Å². The zero-order valence-corrected chi connectivity index (χ0v) is 16.3. The predicted octanol–water partition coefficient (Wildman–Crippen LogP) is 3.14. The fourth-order valence-corrected chi connectivity index (χ4v) is 4.01. The number of rotatable bonds is 4. The third kappa shape index (κ3) is 4.33. The van der Waals surface area contributed by atoms with E-state index in [1.165, 1.54) is 0 Å². The highest BCUT2D eigenvalue weighted by Gasteiger charge is 2.42. The topological polar surface area (TPSA) is 61.6 Å². The van der Waals surface area contributed by atoms with Crippen LogP contribution in [0.2, 0.25) is 0 Å². The Balaban J connectivity index is 1.32. The summed E-state index contributed by atoms with van der Waals surface area (Å²) in [5.74, 6) is 0. The van der Waals surface area contributed by atoms with Crippen molar-refractivity contribution in [3.8, 4) is 6.07 Å². The minimum Gasteiger partial charge on any atom is -0.342 e. The number of pyridine rings is 1. The van der Waals surface area contributed by atoms with E-state index in [-0.39, 0.29) is 11.9 Å². The smallest absolute Gasteiger partial charge is 0.181 e. The molecule has 2 aromatic rings. The first kappa shape index (κ1) is 18.9. The van der Waals surface area contributed by atoms with Crippen molar-refractivity contribution in [2.45, 2.75) is 38.1 Å². The molecule has 0 aliphatic carbocycles. The number of ether oxygens (including phenoxy) is 1. The minimum atomic E-state index is -0.247. The van der Waals surface area contributed by atoms with E-state index < -0.39 is 0 Å². The summed E-state index contributed by atoms with van der Waals surface area (Å²) in [4.78, 5) is 12.8. The van der Waals surface area contributed by atoms with E-state index in [0.717, 1.165) is 56.8 Å².